The average molecular weight is 377 g/mol. The fourth-order valence-corrected chi connectivity index (χ4v) is 2.96. The molecule has 1 aromatic carbocycles. The summed E-state index contributed by atoms with van der Waals surface area (Å²) < 4.78 is 11.0. The lowest BCUT2D eigenvalue weighted by Gasteiger charge is -2.40. The molecule has 27 heavy (non-hydrogen) atoms. The molecule has 1 heterocycles. The summed E-state index contributed by atoms with van der Waals surface area (Å²) in [7, 11) is 0. The van der Waals surface area contributed by atoms with E-state index in [1.165, 1.54) is 0 Å². The van der Waals surface area contributed by atoms with Crippen LogP contribution in [0.4, 0.5) is 10.5 Å². The zero-order valence-corrected chi connectivity index (χ0v) is 17.1. The van der Waals surface area contributed by atoms with Gasteiger partial charge >= 0.3 is 6.09 Å². The van der Waals surface area contributed by atoms with Crippen molar-refractivity contribution >= 4 is 17.7 Å². The zero-order valence-electron chi connectivity index (χ0n) is 17.1. The van der Waals surface area contributed by atoms with Crippen LogP contribution in [0.15, 0.2) is 18.2 Å². The van der Waals surface area contributed by atoms with E-state index in [1.54, 1.807) is 28.0 Å². The maximum atomic E-state index is 12.9. The van der Waals surface area contributed by atoms with E-state index in [0.29, 0.717) is 36.6 Å². The zero-order chi connectivity index (χ0) is 20.4. The first-order chi connectivity index (χ1) is 12.5. The van der Waals surface area contributed by atoms with Gasteiger partial charge in [0.1, 0.15) is 11.4 Å². The summed E-state index contributed by atoms with van der Waals surface area (Å²) in [5.74, 6) is 0.471. The molecule has 1 atom stereocenters. The fraction of sp³-hybridized carbons (Fsp3) is 0.600. The summed E-state index contributed by atoms with van der Waals surface area (Å²) in [5, 5.41) is 0. The Hall–Kier alpha value is -2.44. The Morgan fingerprint density at radius 1 is 1.22 bits per heavy atom. The summed E-state index contributed by atoms with van der Waals surface area (Å²) in [6.45, 7) is 12.6. The van der Waals surface area contributed by atoms with E-state index in [2.05, 4.69) is 0 Å². The van der Waals surface area contributed by atoms with Gasteiger partial charge in [0, 0.05) is 31.2 Å². The van der Waals surface area contributed by atoms with Crippen molar-refractivity contribution in [1.82, 2.24) is 9.80 Å². The number of carbonyl (C=O) groups is 2. The Morgan fingerprint density at radius 3 is 2.41 bits per heavy atom. The van der Waals surface area contributed by atoms with Gasteiger partial charge in [-0.2, -0.15) is 0 Å². The lowest BCUT2D eigenvalue weighted by atomic mass is 10.1. The van der Waals surface area contributed by atoms with Crippen molar-refractivity contribution in [3.05, 3.63) is 23.8 Å². The highest BCUT2D eigenvalue weighted by Gasteiger charge is 2.32. The molecule has 7 heteroatoms. The van der Waals surface area contributed by atoms with Crippen molar-refractivity contribution in [3.8, 4) is 5.75 Å². The molecule has 2 rings (SSSR count). The molecular formula is C20H31N3O4. The standard InChI is InChI=1S/C20H31N3O4/c1-13(2)26-17-8-7-15(11-16(17)21)18(24)23-10-9-22(12-14(23)3)19(25)27-20(4,5)6/h7-8,11,13-14H,9-10,12,21H2,1-6H3. The maximum absolute atomic E-state index is 12.9. The third kappa shape index (κ3) is 5.52. The number of amides is 2. The van der Waals surface area contributed by atoms with Crippen LogP contribution in [0.1, 0.15) is 51.9 Å². The van der Waals surface area contributed by atoms with E-state index in [-0.39, 0.29) is 24.1 Å². The number of piperazine rings is 1. The highest BCUT2D eigenvalue weighted by molar-refractivity contribution is 5.96. The first-order valence-corrected chi connectivity index (χ1v) is 9.33. The summed E-state index contributed by atoms with van der Waals surface area (Å²) in [5.41, 5.74) is 6.44. The SMILES string of the molecule is CC(C)Oc1ccc(C(=O)N2CCN(C(=O)OC(C)(C)C)CC2C)cc1N. The number of carbonyl (C=O) groups excluding carboxylic acids is 2. The maximum Gasteiger partial charge on any atom is 0.410 e. The van der Waals surface area contributed by atoms with Crippen molar-refractivity contribution in [2.45, 2.75) is 59.3 Å². The van der Waals surface area contributed by atoms with Gasteiger partial charge in [-0.15, -0.1) is 0 Å². The molecule has 150 valence electrons. The van der Waals surface area contributed by atoms with E-state index in [0.717, 1.165) is 0 Å². The Kier molecular flexibility index (Phi) is 6.23. The van der Waals surface area contributed by atoms with Crippen LogP contribution < -0.4 is 10.5 Å². The summed E-state index contributed by atoms with van der Waals surface area (Å²) >= 11 is 0. The van der Waals surface area contributed by atoms with Gasteiger partial charge in [0.25, 0.3) is 5.91 Å². The largest absolute Gasteiger partial charge is 0.489 e. The molecule has 0 bridgehead atoms. The van der Waals surface area contributed by atoms with Crippen LogP contribution in [0.2, 0.25) is 0 Å². The number of hydrogen-bond acceptors (Lipinski definition) is 5. The summed E-state index contributed by atoms with van der Waals surface area (Å²) in [4.78, 5) is 28.6. The molecule has 1 aliphatic rings. The lowest BCUT2D eigenvalue weighted by Crippen LogP contribution is -2.56. The van der Waals surface area contributed by atoms with Crippen LogP contribution in [-0.2, 0) is 4.74 Å². The number of hydrogen-bond donors (Lipinski definition) is 1. The van der Waals surface area contributed by atoms with E-state index >= 15 is 0 Å². The topological polar surface area (TPSA) is 85.1 Å². The fourth-order valence-electron chi connectivity index (χ4n) is 2.96. The smallest absolute Gasteiger partial charge is 0.410 e. The highest BCUT2D eigenvalue weighted by Crippen LogP contribution is 2.25. The molecule has 1 aromatic rings. The minimum absolute atomic E-state index is 0.00908. The predicted molar refractivity (Wildman–Crippen MR) is 105 cm³/mol. The molecular weight excluding hydrogens is 346 g/mol. The van der Waals surface area contributed by atoms with Crippen LogP contribution in [-0.4, -0.2) is 59.2 Å². The Balaban J connectivity index is 2.04. The molecule has 0 saturated carbocycles. The summed E-state index contributed by atoms with van der Waals surface area (Å²) in [6, 6.07) is 4.98. The van der Waals surface area contributed by atoms with Gasteiger partial charge in [-0.05, 0) is 59.7 Å². The molecule has 0 aliphatic carbocycles. The third-order valence-corrected chi connectivity index (χ3v) is 4.16. The predicted octanol–water partition coefficient (Wildman–Crippen LogP) is 3.14. The van der Waals surface area contributed by atoms with Crippen molar-refractivity contribution in [2.75, 3.05) is 25.4 Å². The number of benzene rings is 1. The van der Waals surface area contributed by atoms with Gasteiger partial charge in [0.15, 0.2) is 0 Å². The molecule has 1 aliphatic heterocycles. The normalized spacial score (nSPS) is 17.8. The second-order valence-electron chi connectivity index (χ2n) is 8.19. The van der Waals surface area contributed by atoms with Crippen LogP contribution in [0.3, 0.4) is 0 Å². The summed E-state index contributed by atoms with van der Waals surface area (Å²) in [6.07, 6.45) is -0.337. The van der Waals surface area contributed by atoms with E-state index in [1.807, 2.05) is 41.5 Å². The van der Waals surface area contributed by atoms with Gasteiger partial charge < -0.3 is 25.0 Å². The number of rotatable bonds is 3. The number of nitrogen functional groups attached to an aromatic ring is 1. The molecule has 7 nitrogen and oxygen atoms in total. The van der Waals surface area contributed by atoms with E-state index < -0.39 is 5.60 Å². The minimum atomic E-state index is -0.537. The molecule has 0 radical (unpaired) electrons. The molecule has 0 spiro atoms. The molecule has 2 N–H and O–H groups in total. The van der Waals surface area contributed by atoms with Gasteiger partial charge in [0.05, 0.1) is 11.8 Å². The Morgan fingerprint density at radius 2 is 1.89 bits per heavy atom. The van der Waals surface area contributed by atoms with Crippen molar-refractivity contribution in [2.24, 2.45) is 0 Å². The number of anilines is 1. The molecule has 2 amide bonds. The third-order valence-electron chi connectivity index (χ3n) is 4.16. The number of nitrogens with two attached hydrogens (primary N) is 1. The van der Waals surface area contributed by atoms with Gasteiger partial charge in [-0.3, -0.25) is 4.79 Å². The molecule has 1 saturated heterocycles. The van der Waals surface area contributed by atoms with Crippen LogP contribution in [0, 0.1) is 0 Å². The lowest BCUT2D eigenvalue weighted by molar-refractivity contribution is 0.00617. The van der Waals surface area contributed by atoms with Crippen LogP contribution in [0.5, 0.6) is 5.75 Å². The quantitative estimate of drug-likeness (QED) is 0.818. The van der Waals surface area contributed by atoms with Crippen molar-refractivity contribution in [3.63, 3.8) is 0 Å². The number of ether oxygens (including phenoxy) is 2. The van der Waals surface area contributed by atoms with Gasteiger partial charge in [0.2, 0.25) is 0 Å². The Bertz CT molecular complexity index is 697. The van der Waals surface area contributed by atoms with Gasteiger partial charge in [-0.25, -0.2) is 4.79 Å². The molecule has 1 unspecified atom stereocenters. The second kappa shape index (κ2) is 8.06. The molecule has 0 aromatic heterocycles. The van der Waals surface area contributed by atoms with Crippen molar-refractivity contribution in [1.29, 1.82) is 0 Å². The second-order valence-corrected chi connectivity index (χ2v) is 8.19. The van der Waals surface area contributed by atoms with E-state index in [4.69, 9.17) is 15.2 Å². The Labute approximate surface area is 161 Å². The van der Waals surface area contributed by atoms with Gasteiger partial charge in [-0.1, -0.05) is 0 Å². The monoisotopic (exact) mass is 377 g/mol. The highest BCUT2D eigenvalue weighted by atomic mass is 16.6. The number of nitrogens with zero attached hydrogens (tertiary/aromatic N) is 2. The minimum Gasteiger partial charge on any atom is -0.489 e. The molecule has 1 fully saturated rings. The van der Waals surface area contributed by atoms with Crippen LogP contribution >= 0.6 is 0 Å². The first-order valence-electron chi connectivity index (χ1n) is 9.33. The van der Waals surface area contributed by atoms with E-state index in [9.17, 15) is 9.59 Å². The first kappa shape index (κ1) is 20.9. The average Bonchev–Trinajstić information content (AvgIpc) is 2.54. The van der Waals surface area contributed by atoms with Crippen molar-refractivity contribution < 1.29 is 19.1 Å². The van der Waals surface area contributed by atoms with Crippen LogP contribution in [0.25, 0.3) is 0 Å².